The number of hydrogen-bond acceptors (Lipinski definition) is 4. The van der Waals surface area contributed by atoms with E-state index in [2.05, 4.69) is 12.1 Å². The van der Waals surface area contributed by atoms with E-state index in [1.807, 2.05) is 25.8 Å². The first kappa shape index (κ1) is 17.3. The molecule has 0 bridgehead atoms. The van der Waals surface area contributed by atoms with Gasteiger partial charge >= 0.3 is 0 Å². The summed E-state index contributed by atoms with van der Waals surface area (Å²) in [5.41, 5.74) is 4.09. The molecular weight excluding hydrogens is 302 g/mol. The number of nitrogens with zero attached hydrogens (tertiary/aromatic N) is 1. The van der Waals surface area contributed by atoms with E-state index in [1.54, 1.807) is 7.11 Å². The summed E-state index contributed by atoms with van der Waals surface area (Å²) in [4.78, 5) is 31.2. The Hall–Kier alpha value is -1.52. The van der Waals surface area contributed by atoms with E-state index >= 15 is 0 Å². The number of hydroxylamine groups is 2. The Morgan fingerprint density at radius 2 is 1.50 bits per heavy atom. The van der Waals surface area contributed by atoms with Crippen molar-refractivity contribution in [3.8, 4) is 0 Å². The van der Waals surface area contributed by atoms with Crippen molar-refractivity contribution in [3.63, 3.8) is 0 Å². The predicted molar refractivity (Wildman–Crippen MR) is 92.9 cm³/mol. The van der Waals surface area contributed by atoms with Crippen LogP contribution in [-0.2, 0) is 14.4 Å². The van der Waals surface area contributed by atoms with Gasteiger partial charge in [0, 0.05) is 25.9 Å². The van der Waals surface area contributed by atoms with Gasteiger partial charge in [-0.15, -0.1) is 0 Å². The number of hydrogen-bond donors (Lipinski definition) is 0. The van der Waals surface area contributed by atoms with Crippen molar-refractivity contribution in [2.75, 3.05) is 20.2 Å². The fraction of sp³-hybridized carbons (Fsp3) is 0.600. The second kappa shape index (κ2) is 6.41. The first-order chi connectivity index (χ1) is 11.3. The normalized spacial score (nSPS) is 22.3. The van der Waals surface area contributed by atoms with Crippen LogP contribution in [0.15, 0.2) is 12.1 Å². The van der Waals surface area contributed by atoms with Gasteiger partial charge in [0.2, 0.25) is 0 Å². The van der Waals surface area contributed by atoms with E-state index < -0.39 is 5.92 Å². The van der Waals surface area contributed by atoms with Crippen LogP contribution in [0, 0.1) is 26.2 Å². The van der Waals surface area contributed by atoms with Crippen LogP contribution in [0.4, 0.5) is 0 Å². The highest BCUT2D eigenvalue weighted by Crippen LogP contribution is 2.46. The van der Waals surface area contributed by atoms with Crippen molar-refractivity contribution in [2.45, 2.75) is 52.4 Å². The molecule has 2 aliphatic rings. The highest BCUT2D eigenvalue weighted by Gasteiger charge is 2.47. The average molecular weight is 329 g/mol. The Morgan fingerprint density at radius 3 is 1.96 bits per heavy atom. The van der Waals surface area contributed by atoms with E-state index in [4.69, 9.17) is 4.84 Å². The molecule has 1 aliphatic carbocycles. The van der Waals surface area contributed by atoms with Gasteiger partial charge in [0.25, 0.3) is 0 Å². The smallest absolute Gasteiger partial charge is 0.148 e. The standard InChI is InChI=1S/C20H27NO3/c1-13-9-14(2)18(15(3)10-13)19-16(22)11-20(12-17(19)23)5-7-21(24-4)8-6-20/h9-10,19H,5-8,11-12H2,1-4H3. The first-order valence-corrected chi connectivity index (χ1v) is 8.77. The molecule has 0 unspecified atom stereocenters. The van der Waals surface area contributed by atoms with Crippen LogP contribution in [0.2, 0.25) is 0 Å². The molecule has 4 nitrogen and oxygen atoms in total. The molecule has 4 heteroatoms. The molecule has 1 saturated carbocycles. The zero-order valence-corrected chi connectivity index (χ0v) is 15.1. The summed E-state index contributed by atoms with van der Waals surface area (Å²) in [7, 11) is 1.67. The minimum Gasteiger partial charge on any atom is -0.302 e. The van der Waals surface area contributed by atoms with Crippen LogP contribution in [0.3, 0.4) is 0 Å². The molecule has 1 aromatic carbocycles. The van der Waals surface area contributed by atoms with Gasteiger partial charge < -0.3 is 4.84 Å². The summed E-state index contributed by atoms with van der Waals surface area (Å²) < 4.78 is 0. The van der Waals surface area contributed by atoms with E-state index in [-0.39, 0.29) is 17.0 Å². The number of carbonyl (C=O) groups excluding carboxylic acids is 2. The van der Waals surface area contributed by atoms with Gasteiger partial charge in [-0.1, -0.05) is 17.7 Å². The third kappa shape index (κ3) is 3.05. The molecule has 0 N–H and O–H groups in total. The second-order valence-corrected chi connectivity index (χ2v) is 7.64. The lowest BCUT2D eigenvalue weighted by Gasteiger charge is -2.44. The number of piperidine rings is 1. The van der Waals surface area contributed by atoms with Gasteiger partial charge in [0.05, 0.1) is 7.11 Å². The van der Waals surface area contributed by atoms with Gasteiger partial charge in [-0.05, 0) is 55.7 Å². The summed E-state index contributed by atoms with van der Waals surface area (Å²) in [6.07, 6.45) is 2.76. The molecule has 24 heavy (non-hydrogen) atoms. The molecule has 1 saturated heterocycles. The summed E-state index contributed by atoms with van der Waals surface area (Å²) >= 11 is 0. The molecule has 2 fully saturated rings. The van der Waals surface area contributed by atoms with Gasteiger partial charge in [0.1, 0.15) is 17.5 Å². The van der Waals surface area contributed by atoms with E-state index in [0.29, 0.717) is 12.8 Å². The van der Waals surface area contributed by atoms with Crippen LogP contribution in [0.5, 0.6) is 0 Å². The summed E-state index contributed by atoms with van der Waals surface area (Å²) in [6, 6.07) is 4.15. The quantitative estimate of drug-likeness (QED) is 0.781. The maximum atomic E-state index is 13.0. The minimum absolute atomic E-state index is 0.104. The van der Waals surface area contributed by atoms with Crippen LogP contribution in [-0.4, -0.2) is 36.8 Å². The van der Waals surface area contributed by atoms with Gasteiger partial charge in [-0.2, -0.15) is 5.06 Å². The third-order valence-corrected chi connectivity index (χ3v) is 5.81. The van der Waals surface area contributed by atoms with Crippen LogP contribution in [0.1, 0.15) is 53.9 Å². The Balaban J connectivity index is 1.85. The molecule has 0 radical (unpaired) electrons. The molecule has 1 heterocycles. The maximum absolute atomic E-state index is 13.0. The van der Waals surface area contributed by atoms with Gasteiger partial charge in [0.15, 0.2) is 0 Å². The topological polar surface area (TPSA) is 46.6 Å². The largest absolute Gasteiger partial charge is 0.302 e. The fourth-order valence-electron chi connectivity index (χ4n) is 4.65. The Kier molecular flexibility index (Phi) is 4.63. The molecule has 1 aromatic rings. The highest BCUT2D eigenvalue weighted by molar-refractivity contribution is 6.10. The number of ketones is 2. The predicted octanol–water partition coefficient (Wildman–Crippen LogP) is 3.27. The lowest BCUT2D eigenvalue weighted by Crippen LogP contribution is -2.46. The number of rotatable bonds is 2. The average Bonchev–Trinajstić information content (AvgIpc) is 2.50. The highest BCUT2D eigenvalue weighted by atomic mass is 16.7. The summed E-state index contributed by atoms with van der Waals surface area (Å²) in [5.74, 6) is -0.351. The first-order valence-electron chi connectivity index (χ1n) is 8.77. The molecule has 0 amide bonds. The third-order valence-electron chi connectivity index (χ3n) is 5.81. The van der Waals surface area contributed by atoms with Crippen molar-refractivity contribution in [1.82, 2.24) is 5.06 Å². The number of aryl methyl sites for hydroxylation is 3. The SMILES string of the molecule is CON1CCC2(CC1)CC(=O)C(c1c(C)cc(C)cc1C)C(=O)C2. The van der Waals surface area contributed by atoms with E-state index in [0.717, 1.165) is 42.6 Å². The summed E-state index contributed by atoms with van der Waals surface area (Å²) in [6.45, 7) is 7.66. The van der Waals surface area contributed by atoms with Crippen molar-refractivity contribution < 1.29 is 14.4 Å². The second-order valence-electron chi connectivity index (χ2n) is 7.64. The van der Waals surface area contributed by atoms with Crippen molar-refractivity contribution in [3.05, 3.63) is 34.4 Å². The zero-order valence-electron chi connectivity index (χ0n) is 15.1. The van der Waals surface area contributed by atoms with Crippen LogP contribution in [0.25, 0.3) is 0 Å². The number of benzene rings is 1. The van der Waals surface area contributed by atoms with Gasteiger partial charge in [-0.3, -0.25) is 9.59 Å². The zero-order chi connectivity index (χ0) is 17.5. The minimum atomic E-state index is -0.559. The number of carbonyl (C=O) groups is 2. The maximum Gasteiger partial charge on any atom is 0.148 e. The molecule has 0 aromatic heterocycles. The fourth-order valence-corrected chi connectivity index (χ4v) is 4.65. The van der Waals surface area contributed by atoms with Crippen LogP contribution < -0.4 is 0 Å². The lowest BCUT2D eigenvalue weighted by atomic mass is 9.63. The van der Waals surface area contributed by atoms with Gasteiger partial charge in [-0.25, -0.2) is 0 Å². The molecular formula is C20H27NO3. The molecule has 1 aliphatic heterocycles. The molecule has 130 valence electrons. The van der Waals surface area contributed by atoms with E-state index in [9.17, 15) is 9.59 Å². The molecule has 0 atom stereocenters. The summed E-state index contributed by atoms with van der Waals surface area (Å²) in [5, 5.41) is 1.92. The van der Waals surface area contributed by atoms with Crippen molar-refractivity contribution in [2.24, 2.45) is 5.41 Å². The molecule has 3 rings (SSSR count). The lowest BCUT2D eigenvalue weighted by molar-refractivity contribution is -0.166. The Bertz CT molecular complexity index is 628. The van der Waals surface area contributed by atoms with E-state index in [1.165, 1.54) is 5.56 Å². The Labute approximate surface area is 144 Å². The van der Waals surface area contributed by atoms with Crippen LogP contribution >= 0.6 is 0 Å². The number of Topliss-reactive ketones (excluding diaryl/α,β-unsaturated/α-hetero) is 2. The van der Waals surface area contributed by atoms with Crippen molar-refractivity contribution in [1.29, 1.82) is 0 Å². The Morgan fingerprint density at radius 1 is 1.00 bits per heavy atom. The molecule has 1 spiro atoms. The van der Waals surface area contributed by atoms with Crippen molar-refractivity contribution >= 4 is 11.6 Å². The monoisotopic (exact) mass is 329 g/mol.